The Hall–Kier alpha value is -4.09. The van der Waals surface area contributed by atoms with E-state index in [9.17, 15) is 18.8 Å². The minimum Gasteiger partial charge on any atom is -0.374 e. The van der Waals surface area contributed by atoms with Crippen molar-refractivity contribution < 1.29 is 23.5 Å². The van der Waals surface area contributed by atoms with Crippen LogP contribution in [0.5, 0.6) is 0 Å². The molecule has 2 aromatic carbocycles. The van der Waals surface area contributed by atoms with Gasteiger partial charge in [0.15, 0.2) is 5.82 Å². The highest BCUT2D eigenvalue weighted by Gasteiger charge is 2.29. The molecule has 1 unspecified atom stereocenters. The van der Waals surface area contributed by atoms with E-state index < -0.39 is 35.3 Å². The van der Waals surface area contributed by atoms with E-state index in [2.05, 4.69) is 15.6 Å². The summed E-state index contributed by atoms with van der Waals surface area (Å²) in [5.74, 6) is -1.64. The Balaban J connectivity index is 1.77. The highest BCUT2D eigenvalue weighted by molar-refractivity contribution is 5.98. The van der Waals surface area contributed by atoms with Crippen LogP contribution in [-0.4, -0.2) is 64.5 Å². The maximum absolute atomic E-state index is 13.5. The molecule has 1 aromatic heterocycles. The Morgan fingerprint density at radius 2 is 1.76 bits per heavy atom. The summed E-state index contributed by atoms with van der Waals surface area (Å²) in [6, 6.07) is 13.1. The maximum atomic E-state index is 13.5. The van der Waals surface area contributed by atoms with Crippen LogP contribution in [0, 0.1) is 5.82 Å². The van der Waals surface area contributed by atoms with E-state index >= 15 is 0 Å². The molecule has 0 fully saturated rings. The molecular weight excluding hydrogens is 491 g/mol. The van der Waals surface area contributed by atoms with E-state index in [0.717, 1.165) is 5.56 Å². The van der Waals surface area contributed by atoms with Crippen molar-refractivity contribution in [2.75, 3.05) is 26.0 Å². The van der Waals surface area contributed by atoms with Gasteiger partial charge < -0.3 is 30.6 Å². The van der Waals surface area contributed by atoms with Crippen molar-refractivity contribution in [2.45, 2.75) is 38.1 Å². The molecule has 4 N–H and O–H groups in total. The monoisotopic (exact) mass is 524 g/mol. The number of benzene rings is 2. The summed E-state index contributed by atoms with van der Waals surface area (Å²) < 4.78 is 20.7. The van der Waals surface area contributed by atoms with Crippen LogP contribution < -0.4 is 16.4 Å². The summed E-state index contributed by atoms with van der Waals surface area (Å²) in [5, 5.41) is 5.29. The minimum absolute atomic E-state index is 0.111. The summed E-state index contributed by atoms with van der Waals surface area (Å²) in [5.41, 5.74) is 6.14. The fourth-order valence-electron chi connectivity index (χ4n) is 3.48. The summed E-state index contributed by atoms with van der Waals surface area (Å²) in [7, 11) is 3.22. The molecule has 11 heteroatoms. The van der Waals surface area contributed by atoms with Crippen molar-refractivity contribution in [2.24, 2.45) is 5.73 Å². The summed E-state index contributed by atoms with van der Waals surface area (Å²) in [6.45, 7) is 3.19. The molecule has 0 spiro atoms. The largest absolute Gasteiger partial charge is 0.374 e. The molecule has 10 nitrogen and oxygen atoms in total. The maximum Gasteiger partial charge on any atom is 0.250 e. The lowest BCUT2D eigenvalue weighted by Crippen LogP contribution is -2.56. The van der Waals surface area contributed by atoms with Gasteiger partial charge in [-0.3, -0.25) is 14.4 Å². The smallest absolute Gasteiger partial charge is 0.250 e. The topological polar surface area (TPSA) is 132 Å². The molecule has 3 rings (SSSR count). The van der Waals surface area contributed by atoms with Gasteiger partial charge in [-0.1, -0.05) is 42.5 Å². The van der Waals surface area contributed by atoms with Crippen LogP contribution >= 0.6 is 0 Å². The molecule has 3 amide bonds. The van der Waals surface area contributed by atoms with E-state index in [1.54, 1.807) is 14.1 Å². The second-order valence-electron chi connectivity index (χ2n) is 9.63. The van der Waals surface area contributed by atoms with E-state index in [-0.39, 0.29) is 24.9 Å². The molecule has 0 bridgehead atoms. The van der Waals surface area contributed by atoms with E-state index in [4.69, 9.17) is 10.5 Å². The number of carbonyl (C=O) groups excluding carboxylic acids is 3. The third-order valence-corrected chi connectivity index (χ3v) is 5.61. The first-order chi connectivity index (χ1) is 18.0. The number of anilines is 1. The van der Waals surface area contributed by atoms with Crippen LogP contribution in [0.15, 0.2) is 67.1 Å². The predicted molar refractivity (Wildman–Crippen MR) is 140 cm³/mol. The van der Waals surface area contributed by atoms with Crippen molar-refractivity contribution in [1.29, 1.82) is 0 Å². The fraction of sp³-hybridized carbons (Fsp3) is 0.333. The number of hydrogen-bond donors (Lipinski definition) is 3. The van der Waals surface area contributed by atoms with Crippen LogP contribution in [0.2, 0.25) is 0 Å². The van der Waals surface area contributed by atoms with Gasteiger partial charge in [0, 0.05) is 20.3 Å². The number of likely N-dealkylation sites (N-methyl/N-ethyl adjacent to an activating group) is 1. The van der Waals surface area contributed by atoms with Crippen LogP contribution in [0.1, 0.15) is 31.0 Å². The Morgan fingerprint density at radius 3 is 2.37 bits per heavy atom. The number of nitrogens with zero attached hydrogens (tertiary/aromatic N) is 3. The Bertz CT molecular complexity index is 1240. The van der Waals surface area contributed by atoms with E-state index in [0.29, 0.717) is 5.56 Å². The zero-order valence-corrected chi connectivity index (χ0v) is 21.8. The number of amides is 3. The number of halogens is 1. The lowest BCUT2D eigenvalue weighted by molar-refractivity contribution is -0.131. The first kappa shape index (κ1) is 28.5. The van der Waals surface area contributed by atoms with Crippen LogP contribution in [-0.2, 0) is 25.7 Å². The summed E-state index contributed by atoms with van der Waals surface area (Å²) in [6.07, 6.45) is 2.89. The average molecular weight is 525 g/mol. The Kier molecular flexibility index (Phi) is 9.32. The molecule has 1 heterocycles. The zero-order valence-electron chi connectivity index (χ0n) is 21.8. The minimum atomic E-state index is -1.21. The highest BCUT2D eigenvalue weighted by Crippen LogP contribution is 2.22. The van der Waals surface area contributed by atoms with E-state index in [1.165, 1.54) is 60.1 Å². The van der Waals surface area contributed by atoms with Crippen molar-refractivity contribution in [3.63, 3.8) is 0 Å². The molecular formula is C27H33FN6O4. The molecule has 0 aliphatic carbocycles. The first-order valence-corrected chi connectivity index (χ1v) is 12.0. The molecule has 0 aliphatic rings. The molecule has 0 saturated heterocycles. The van der Waals surface area contributed by atoms with Crippen LogP contribution in [0.25, 0.3) is 0 Å². The van der Waals surface area contributed by atoms with Gasteiger partial charge in [0.1, 0.15) is 17.9 Å². The number of aromatic nitrogens is 2. The molecule has 202 valence electrons. The summed E-state index contributed by atoms with van der Waals surface area (Å²) in [4.78, 5) is 44.2. The van der Waals surface area contributed by atoms with Gasteiger partial charge in [-0.15, -0.1) is 0 Å². The normalized spacial score (nSPS) is 12.9. The van der Waals surface area contributed by atoms with Gasteiger partial charge in [0.25, 0.3) is 5.91 Å². The quantitative estimate of drug-likeness (QED) is 0.352. The molecule has 3 aromatic rings. The molecule has 38 heavy (non-hydrogen) atoms. The number of nitrogens with one attached hydrogen (secondary N) is 2. The standard InChI is InChI=1S/C27H33FN6O4/c1-27(2,29)26(37)31-21(16-38-15-18-8-6-5-7-9-18)24(35)32-22-14-34(17-30-22)23(25(36)33(3)4)19-10-12-20(28)13-11-19/h5-14,17,21,23H,15-16,29H2,1-4H3,(H,31,37)(H,32,35)/t21-,23?/m1/s1. The molecule has 0 aliphatic heterocycles. The molecule has 0 saturated carbocycles. The SMILES string of the molecule is CN(C)C(=O)C(c1ccc(F)cc1)n1cnc(NC(=O)[C@@H](COCc2ccccc2)NC(=O)C(C)(C)N)c1. The number of ether oxygens (including phenoxy) is 1. The zero-order chi connectivity index (χ0) is 27.9. The van der Waals surface area contributed by atoms with Crippen molar-refractivity contribution in [1.82, 2.24) is 19.8 Å². The van der Waals surface area contributed by atoms with Gasteiger partial charge in [-0.2, -0.15) is 0 Å². The molecule has 2 atom stereocenters. The van der Waals surface area contributed by atoms with Crippen molar-refractivity contribution in [3.05, 3.63) is 84.1 Å². The van der Waals surface area contributed by atoms with Crippen molar-refractivity contribution in [3.8, 4) is 0 Å². The number of rotatable bonds is 11. The van der Waals surface area contributed by atoms with Gasteiger partial charge in [-0.25, -0.2) is 9.37 Å². The first-order valence-electron chi connectivity index (χ1n) is 12.0. The second-order valence-corrected chi connectivity index (χ2v) is 9.63. The number of nitrogens with two attached hydrogens (primary N) is 1. The molecule has 0 radical (unpaired) electrons. The fourth-order valence-corrected chi connectivity index (χ4v) is 3.48. The predicted octanol–water partition coefficient (Wildman–Crippen LogP) is 2.08. The van der Waals surface area contributed by atoms with Gasteiger partial charge in [-0.05, 0) is 37.1 Å². The van der Waals surface area contributed by atoms with Gasteiger partial charge in [0.2, 0.25) is 11.8 Å². The van der Waals surface area contributed by atoms with Crippen LogP contribution in [0.3, 0.4) is 0 Å². The third kappa shape index (κ3) is 7.70. The second kappa shape index (κ2) is 12.4. The van der Waals surface area contributed by atoms with Gasteiger partial charge >= 0.3 is 0 Å². The average Bonchev–Trinajstić information content (AvgIpc) is 3.32. The Labute approximate surface area is 221 Å². The van der Waals surface area contributed by atoms with Gasteiger partial charge in [0.05, 0.1) is 25.1 Å². The summed E-state index contributed by atoms with van der Waals surface area (Å²) >= 11 is 0. The number of carbonyl (C=O) groups is 3. The van der Waals surface area contributed by atoms with E-state index in [1.807, 2.05) is 30.3 Å². The van der Waals surface area contributed by atoms with Crippen LogP contribution in [0.4, 0.5) is 10.2 Å². The van der Waals surface area contributed by atoms with Crippen molar-refractivity contribution >= 4 is 23.5 Å². The lowest BCUT2D eigenvalue weighted by atomic mass is 10.1. The highest BCUT2D eigenvalue weighted by atomic mass is 19.1. The number of hydrogen-bond acceptors (Lipinski definition) is 6. The lowest BCUT2D eigenvalue weighted by Gasteiger charge is -2.23. The third-order valence-electron chi connectivity index (χ3n) is 5.61. The number of imidazole rings is 1. The Morgan fingerprint density at radius 1 is 1.11 bits per heavy atom.